The maximum Gasteiger partial charge on any atom is 0.266 e. The Labute approximate surface area is 147 Å². The van der Waals surface area contributed by atoms with E-state index in [-0.39, 0.29) is 0 Å². The molecule has 1 atom stereocenters. The molecule has 1 aliphatic heterocycles. The van der Waals surface area contributed by atoms with Crippen molar-refractivity contribution in [3.63, 3.8) is 0 Å². The van der Waals surface area contributed by atoms with Crippen molar-refractivity contribution in [1.29, 1.82) is 0 Å². The molecule has 0 amide bonds. The van der Waals surface area contributed by atoms with Crippen molar-refractivity contribution in [2.24, 2.45) is 0 Å². The monoisotopic (exact) mass is 334 g/mol. The number of piperidine rings is 1. The highest BCUT2D eigenvalue weighted by Gasteiger charge is 2.26. The third kappa shape index (κ3) is 3.77. The molecule has 128 valence electrons. The third-order valence-electron chi connectivity index (χ3n) is 4.71. The fourth-order valence-electron chi connectivity index (χ4n) is 3.34. The van der Waals surface area contributed by atoms with E-state index in [1.165, 1.54) is 11.1 Å². The third-order valence-corrected chi connectivity index (χ3v) is 4.71. The van der Waals surface area contributed by atoms with Crippen molar-refractivity contribution >= 4 is 0 Å². The lowest BCUT2D eigenvalue weighted by Crippen LogP contribution is -2.34. The van der Waals surface area contributed by atoms with Gasteiger partial charge in [-0.15, -0.1) is 10.2 Å². The Morgan fingerprint density at radius 1 is 1.12 bits per heavy atom. The summed E-state index contributed by atoms with van der Waals surface area (Å²) in [6.45, 7) is 5.16. The minimum absolute atomic E-state index is 0.296. The molecule has 0 saturated carbocycles. The van der Waals surface area contributed by atoms with Gasteiger partial charge in [-0.05, 0) is 44.0 Å². The lowest BCUT2D eigenvalue weighted by Gasteiger charge is -2.31. The maximum atomic E-state index is 5.91. The van der Waals surface area contributed by atoms with Gasteiger partial charge in [0.2, 0.25) is 5.89 Å². The van der Waals surface area contributed by atoms with Gasteiger partial charge >= 0.3 is 0 Å². The highest BCUT2D eigenvalue weighted by atomic mass is 16.4. The van der Waals surface area contributed by atoms with E-state index >= 15 is 0 Å². The molecule has 2 aromatic heterocycles. The van der Waals surface area contributed by atoms with E-state index in [2.05, 4.69) is 51.3 Å². The van der Waals surface area contributed by atoms with Crippen molar-refractivity contribution in [2.45, 2.75) is 32.2 Å². The van der Waals surface area contributed by atoms with Crippen LogP contribution in [0, 0.1) is 6.92 Å². The van der Waals surface area contributed by atoms with Crippen LogP contribution in [0.5, 0.6) is 0 Å². The average Bonchev–Trinajstić information content (AvgIpc) is 3.15. The molecule has 5 heteroatoms. The summed E-state index contributed by atoms with van der Waals surface area (Å²) in [4.78, 5) is 6.75. The molecule has 0 radical (unpaired) electrons. The molecule has 1 aliphatic rings. The Balaban J connectivity index is 1.44. The van der Waals surface area contributed by atoms with Crippen LogP contribution in [0.4, 0.5) is 0 Å². The predicted octanol–water partition coefficient (Wildman–Crippen LogP) is 3.82. The van der Waals surface area contributed by atoms with Crippen molar-refractivity contribution in [3.8, 4) is 11.6 Å². The summed E-state index contributed by atoms with van der Waals surface area (Å²) in [5, 5.41) is 8.47. The summed E-state index contributed by atoms with van der Waals surface area (Å²) in [7, 11) is 0. The van der Waals surface area contributed by atoms with Gasteiger partial charge < -0.3 is 4.42 Å². The Morgan fingerprint density at radius 3 is 2.80 bits per heavy atom. The minimum atomic E-state index is 0.296. The molecule has 0 spiro atoms. The number of aryl methyl sites for hydroxylation is 1. The summed E-state index contributed by atoms with van der Waals surface area (Å²) < 4.78 is 5.91. The second-order valence-electron chi connectivity index (χ2n) is 6.72. The van der Waals surface area contributed by atoms with Crippen molar-refractivity contribution in [1.82, 2.24) is 20.1 Å². The van der Waals surface area contributed by atoms with Gasteiger partial charge in [0.25, 0.3) is 5.89 Å². The van der Waals surface area contributed by atoms with E-state index in [9.17, 15) is 0 Å². The van der Waals surface area contributed by atoms with Crippen LogP contribution in [-0.4, -0.2) is 33.2 Å². The lowest BCUT2D eigenvalue weighted by atomic mass is 9.97. The van der Waals surface area contributed by atoms with Gasteiger partial charge in [0.1, 0.15) is 5.69 Å². The Morgan fingerprint density at radius 2 is 2.00 bits per heavy atom. The molecule has 3 heterocycles. The predicted molar refractivity (Wildman–Crippen MR) is 96.0 cm³/mol. The van der Waals surface area contributed by atoms with Crippen LogP contribution < -0.4 is 0 Å². The molecule has 25 heavy (non-hydrogen) atoms. The van der Waals surface area contributed by atoms with Crippen LogP contribution in [0.15, 0.2) is 53.1 Å². The summed E-state index contributed by atoms with van der Waals surface area (Å²) in [6, 6.07) is 14.5. The number of nitrogens with zero attached hydrogens (tertiary/aromatic N) is 4. The zero-order valence-corrected chi connectivity index (χ0v) is 14.4. The normalized spacial score (nSPS) is 18.4. The first-order chi connectivity index (χ1) is 12.3. The number of likely N-dealkylation sites (tertiary alicyclic amines) is 1. The molecule has 1 fully saturated rings. The summed E-state index contributed by atoms with van der Waals surface area (Å²) in [5.41, 5.74) is 3.38. The molecule has 1 saturated heterocycles. The van der Waals surface area contributed by atoms with E-state index < -0.39 is 0 Å². The van der Waals surface area contributed by atoms with Gasteiger partial charge in [0.15, 0.2) is 0 Å². The molecular formula is C20H22N4O. The lowest BCUT2D eigenvalue weighted by molar-refractivity contribution is 0.186. The Bertz CT molecular complexity index is 813. The highest BCUT2D eigenvalue weighted by Crippen LogP contribution is 2.28. The highest BCUT2D eigenvalue weighted by molar-refractivity contribution is 5.45. The number of rotatable bonds is 4. The zero-order chi connectivity index (χ0) is 17.1. The first-order valence-corrected chi connectivity index (χ1v) is 8.80. The van der Waals surface area contributed by atoms with E-state index in [0.29, 0.717) is 11.8 Å². The topological polar surface area (TPSA) is 55.1 Å². The van der Waals surface area contributed by atoms with Crippen LogP contribution in [0.3, 0.4) is 0 Å². The number of benzene rings is 1. The van der Waals surface area contributed by atoms with Crippen molar-refractivity contribution in [2.75, 3.05) is 13.1 Å². The van der Waals surface area contributed by atoms with Crippen LogP contribution in [0.1, 0.15) is 35.8 Å². The van der Waals surface area contributed by atoms with Gasteiger partial charge in [0.05, 0.1) is 5.92 Å². The number of hydrogen-bond acceptors (Lipinski definition) is 5. The number of hydrogen-bond donors (Lipinski definition) is 0. The fraction of sp³-hybridized carbons (Fsp3) is 0.350. The van der Waals surface area contributed by atoms with Gasteiger partial charge in [-0.25, -0.2) is 0 Å². The molecule has 5 nitrogen and oxygen atoms in total. The van der Waals surface area contributed by atoms with Gasteiger partial charge in [-0.1, -0.05) is 35.9 Å². The SMILES string of the molecule is Cc1ccc(CN2CCC[C@H](c3nnc(-c4ccccn4)o3)C2)cc1. The van der Waals surface area contributed by atoms with Crippen LogP contribution in [0.2, 0.25) is 0 Å². The number of pyridine rings is 1. The molecule has 0 N–H and O–H groups in total. The average molecular weight is 334 g/mol. The van der Waals surface area contributed by atoms with E-state index in [0.717, 1.165) is 44.1 Å². The quantitative estimate of drug-likeness (QED) is 0.726. The summed E-state index contributed by atoms with van der Waals surface area (Å²) in [5.74, 6) is 1.53. The summed E-state index contributed by atoms with van der Waals surface area (Å²) in [6.07, 6.45) is 3.98. The van der Waals surface area contributed by atoms with Gasteiger partial charge in [0, 0.05) is 19.3 Å². The second-order valence-corrected chi connectivity index (χ2v) is 6.72. The molecule has 1 aromatic carbocycles. The van der Waals surface area contributed by atoms with Crippen LogP contribution in [0.25, 0.3) is 11.6 Å². The first kappa shape index (κ1) is 16.0. The van der Waals surface area contributed by atoms with Gasteiger partial charge in [-0.3, -0.25) is 9.88 Å². The van der Waals surface area contributed by atoms with Crippen LogP contribution >= 0.6 is 0 Å². The molecule has 0 bridgehead atoms. The summed E-state index contributed by atoms with van der Waals surface area (Å²) >= 11 is 0. The fourth-order valence-corrected chi connectivity index (χ4v) is 3.34. The largest absolute Gasteiger partial charge is 0.419 e. The molecule has 0 aliphatic carbocycles. The smallest absolute Gasteiger partial charge is 0.266 e. The van der Waals surface area contributed by atoms with Gasteiger partial charge in [-0.2, -0.15) is 0 Å². The van der Waals surface area contributed by atoms with Crippen molar-refractivity contribution < 1.29 is 4.42 Å². The standard InChI is InChI=1S/C20H22N4O/c1-15-7-9-16(10-8-15)13-24-12-4-5-17(14-24)19-22-23-20(25-19)18-6-2-3-11-21-18/h2-3,6-11,17H,4-5,12-14H2,1H3/t17-/m0/s1. The Kier molecular flexibility index (Phi) is 4.57. The number of aromatic nitrogens is 3. The minimum Gasteiger partial charge on any atom is -0.419 e. The molecule has 4 rings (SSSR count). The first-order valence-electron chi connectivity index (χ1n) is 8.80. The molecule has 0 unspecified atom stereocenters. The Hall–Kier alpha value is -2.53. The van der Waals surface area contributed by atoms with Crippen LogP contribution in [-0.2, 0) is 6.54 Å². The maximum absolute atomic E-state index is 5.91. The van der Waals surface area contributed by atoms with Crippen molar-refractivity contribution in [3.05, 3.63) is 65.7 Å². The second kappa shape index (κ2) is 7.15. The van der Waals surface area contributed by atoms with E-state index in [1.807, 2.05) is 18.2 Å². The molecule has 3 aromatic rings. The zero-order valence-electron chi connectivity index (χ0n) is 14.4. The van der Waals surface area contributed by atoms with E-state index in [1.54, 1.807) is 6.20 Å². The van der Waals surface area contributed by atoms with E-state index in [4.69, 9.17) is 4.42 Å². The molecular weight excluding hydrogens is 312 g/mol.